The molecule has 0 saturated heterocycles. The van der Waals surface area contributed by atoms with Crippen molar-refractivity contribution in [3.63, 3.8) is 0 Å². The Labute approximate surface area is 211 Å². The van der Waals surface area contributed by atoms with Crippen molar-refractivity contribution in [1.29, 1.82) is 0 Å². The first-order valence-corrected chi connectivity index (χ1v) is 11.5. The van der Waals surface area contributed by atoms with Crippen LogP contribution in [-0.4, -0.2) is 10.2 Å². The monoisotopic (exact) mass is 578 g/mol. The maximum Gasteiger partial charge on any atom is 0.117 e. The lowest BCUT2D eigenvalue weighted by Gasteiger charge is -2.02. The average Bonchev–Trinajstić information content (AvgIpc) is 2.83. The number of benzene rings is 4. The SMILES string of the molecule is Oc1ccc(N=Nc2ccc(Br)cc2)c(N=Nc2cc(O)ccc2N=Nc2ccc(Br)cc2)c1. The van der Waals surface area contributed by atoms with E-state index in [1.807, 2.05) is 48.5 Å². The number of aromatic hydroxyl groups is 2. The van der Waals surface area contributed by atoms with E-state index >= 15 is 0 Å². The lowest BCUT2D eigenvalue weighted by Crippen LogP contribution is -1.72. The van der Waals surface area contributed by atoms with Gasteiger partial charge in [0.1, 0.15) is 34.2 Å². The minimum atomic E-state index is 0.00241. The minimum Gasteiger partial charge on any atom is -0.508 e. The zero-order valence-corrected chi connectivity index (χ0v) is 20.6. The van der Waals surface area contributed by atoms with Gasteiger partial charge in [0.25, 0.3) is 0 Å². The molecule has 4 aromatic rings. The van der Waals surface area contributed by atoms with Gasteiger partial charge in [-0.1, -0.05) is 31.9 Å². The molecule has 4 rings (SSSR count). The molecule has 0 heterocycles. The number of halogens is 2. The van der Waals surface area contributed by atoms with E-state index in [4.69, 9.17) is 0 Å². The van der Waals surface area contributed by atoms with Crippen LogP contribution in [0.1, 0.15) is 0 Å². The van der Waals surface area contributed by atoms with Gasteiger partial charge < -0.3 is 10.2 Å². The summed E-state index contributed by atoms with van der Waals surface area (Å²) in [6.45, 7) is 0. The summed E-state index contributed by atoms with van der Waals surface area (Å²) in [5.41, 5.74) is 2.70. The predicted molar refractivity (Wildman–Crippen MR) is 137 cm³/mol. The maximum atomic E-state index is 9.92. The molecule has 34 heavy (non-hydrogen) atoms. The van der Waals surface area contributed by atoms with E-state index in [9.17, 15) is 10.2 Å². The lowest BCUT2D eigenvalue weighted by atomic mass is 10.2. The Morgan fingerprint density at radius 3 is 1.15 bits per heavy atom. The Bertz CT molecular complexity index is 1280. The average molecular weight is 580 g/mol. The maximum absolute atomic E-state index is 9.92. The smallest absolute Gasteiger partial charge is 0.117 e. The summed E-state index contributed by atoms with van der Waals surface area (Å²) in [7, 11) is 0. The third-order valence-electron chi connectivity index (χ3n) is 4.38. The molecule has 2 N–H and O–H groups in total. The van der Waals surface area contributed by atoms with Crippen LogP contribution >= 0.6 is 31.9 Å². The molecule has 0 bridgehead atoms. The molecule has 0 spiro atoms. The van der Waals surface area contributed by atoms with Gasteiger partial charge in [-0.2, -0.15) is 10.2 Å². The van der Waals surface area contributed by atoms with Gasteiger partial charge in [0.2, 0.25) is 0 Å². The molecule has 4 aromatic carbocycles. The summed E-state index contributed by atoms with van der Waals surface area (Å²) in [4.78, 5) is 0. The lowest BCUT2D eigenvalue weighted by molar-refractivity contribution is 0.474. The Hall–Kier alpha value is -3.76. The summed E-state index contributed by atoms with van der Waals surface area (Å²) in [5.74, 6) is 0.00481. The number of hydrogen-bond acceptors (Lipinski definition) is 8. The topological polar surface area (TPSA) is 115 Å². The molecule has 0 saturated carbocycles. The highest BCUT2D eigenvalue weighted by molar-refractivity contribution is 9.10. The highest BCUT2D eigenvalue weighted by Gasteiger charge is 2.06. The standard InChI is InChI=1S/C24H16Br2N6O2/c25-15-1-5-17(6-2-15)27-29-21-11-9-19(33)13-23(21)31-32-24-14-20(34)10-12-22(24)30-28-18-7-3-16(26)4-8-18/h1-14,33-34H. The summed E-state index contributed by atoms with van der Waals surface area (Å²) >= 11 is 6.76. The number of nitrogens with zero attached hydrogens (tertiary/aromatic N) is 6. The van der Waals surface area contributed by atoms with Crippen molar-refractivity contribution in [3.8, 4) is 11.5 Å². The Morgan fingerprint density at radius 2 is 0.765 bits per heavy atom. The minimum absolute atomic E-state index is 0.00241. The van der Waals surface area contributed by atoms with Gasteiger partial charge in [0.15, 0.2) is 0 Å². The quantitative estimate of drug-likeness (QED) is 0.221. The zero-order valence-electron chi connectivity index (χ0n) is 17.4. The van der Waals surface area contributed by atoms with Gasteiger partial charge in [-0.3, -0.25) is 0 Å². The molecule has 0 fully saturated rings. The van der Waals surface area contributed by atoms with Crippen LogP contribution in [-0.2, 0) is 0 Å². The Kier molecular flexibility index (Phi) is 7.51. The second kappa shape index (κ2) is 10.9. The van der Waals surface area contributed by atoms with Crippen LogP contribution < -0.4 is 0 Å². The third-order valence-corrected chi connectivity index (χ3v) is 5.44. The van der Waals surface area contributed by atoms with Crippen LogP contribution in [0, 0.1) is 0 Å². The van der Waals surface area contributed by atoms with Gasteiger partial charge >= 0.3 is 0 Å². The van der Waals surface area contributed by atoms with Gasteiger partial charge in [0, 0.05) is 21.1 Å². The molecule has 0 radical (unpaired) electrons. The van der Waals surface area contributed by atoms with Crippen molar-refractivity contribution in [3.05, 3.63) is 93.9 Å². The predicted octanol–water partition coefficient (Wildman–Crippen LogP) is 9.87. The van der Waals surface area contributed by atoms with Gasteiger partial charge in [-0.05, 0) is 72.8 Å². The third kappa shape index (κ3) is 6.40. The number of phenols is 2. The summed E-state index contributed by atoms with van der Waals surface area (Å²) in [5, 5.41) is 45.2. The molecule has 8 nitrogen and oxygen atoms in total. The molecule has 0 amide bonds. The van der Waals surface area contributed by atoms with Crippen molar-refractivity contribution in [2.24, 2.45) is 30.7 Å². The molecular formula is C24H16Br2N6O2. The molecular weight excluding hydrogens is 564 g/mol. The zero-order chi connectivity index (χ0) is 23.9. The molecule has 0 aliphatic heterocycles. The molecule has 0 aromatic heterocycles. The molecule has 0 aliphatic carbocycles. The fourth-order valence-corrected chi connectivity index (χ4v) is 3.23. The largest absolute Gasteiger partial charge is 0.508 e. The van der Waals surface area contributed by atoms with E-state index in [0.29, 0.717) is 34.1 Å². The summed E-state index contributed by atoms with van der Waals surface area (Å²) in [6.07, 6.45) is 0. The molecule has 168 valence electrons. The van der Waals surface area contributed by atoms with Crippen molar-refractivity contribution in [2.75, 3.05) is 0 Å². The van der Waals surface area contributed by atoms with E-state index in [1.54, 1.807) is 12.1 Å². The molecule has 0 unspecified atom stereocenters. The second-order valence-corrected chi connectivity index (χ2v) is 8.73. The Morgan fingerprint density at radius 1 is 0.412 bits per heavy atom. The van der Waals surface area contributed by atoms with Gasteiger partial charge in [-0.15, -0.1) is 20.5 Å². The van der Waals surface area contributed by atoms with Crippen LogP contribution in [0.3, 0.4) is 0 Å². The van der Waals surface area contributed by atoms with Crippen molar-refractivity contribution in [2.45, 2.75) is 0 Å². The van der Waals surface area contributed by atoms with Crippen LogP contribution in [0.15, 0.2) is 125 Å². The van der Waals surface area contributed by atoms with E-state index < -0.39 is 0 Å². The second-order valence-electron chi connectivity index (χ2n) is 6.90. The fraction of sp³-hybridized carbons (Fsp3) is 0. The van der Waals surface area contributed by atoms with Crippen LogP contribution in [0.5, 0.6) is 11.5 Å². The first-order valence-electron chi connectivity index (χ1n) is 9.89. The first-order chi connectivity index (χ1) is 16.5. The fourth-order valence-electron chi connectivity index (χ4n) is 2.70. The summed E-state index contributed by atoms with van der Waals surface area (Å²) in [6, 6.07) is 23.7. The number of phenolic OH excluding ortho intramolecular Hbond substituents is 2. The van der Waals surface area contributed by atoms with Gasteiger partial charge in [0.05, 0.1) is 11.4 Å². The van der Waals surface area contributed by atoms with Crippen LogP contribution in [0.2, 0.25) is 0 Å². The Balaban J connectivity index is 1.63. The molecule has 10 heteroatoms. The van der Waals surface area contributed by atoms with E-state index in [1.165, 1.54) is 24.3 Å². The first kappa shape index (κ1) is 23.4. The van der Waals surface area contributed by atoms with Gasteiger partial charge in [-0.25, -0.2) is 0 Å². The normalized spacial score (nSPS) is 11.7. The van der Waals surface area contributed by atoms with E-state index in [0.717, 1.165) is 8.95 Å². The van der Waals surface area contributed by atoms with E-state index in [2.05, 4.69) is 62.5 Å². The van der Waals surface area contributed by atoms with E-state index in [-0.39, 0.29) is 11.5 Å². The molecule has 0 aliphatic rings. The highest BCUT2D eigenvalue weighted by Crippen LogP contribution is 2.37. The van der Waals surface area contributed by atoms with Crippen molar-refractivity contribution in [1.82, 2.24) is 0 Å². The van der Waals surface area contributed by atoms with Crippen molar-refractivity contribution >= 4 is 66.0 Å². The molecule has 0 atom stereocenters. The number of hydrogen-bond donors (Lipinski definition) is 2. The van der Waals surface area contributed by atoms with Crippen LogP contribution in [0.25, 0.3) is 0 Å². The number of azo groups is 3. The van der Waals surface area contributed by atoms with Crippen LogP contribution in [0.4, 0.5) is 34.1 Å². The highest BCUT2D eigenvalue weighted by atomic mass is 79.9. The number of rotatable bonds is 6. The summed E-state index contributed by atoms with van der Waals surface area (Å²) < 4.78 is 1.87. The van der Waals surface area contributed by atoms with Crippen molar-refractivity contribution < 1.29 is 10.2 Å².